The molecule has 0 spiro atoms. The van der Waals surface area contributed by atoms with Crippen molar-refractivity contribution in [3.05, 3.63) is 35.4 Å². The number of ether oxygens (including phenoxy) is 1. The standard InChI is InChI=1S/C13H19F2NO/c1-13(2,3)17-8-11(16-4)9-6-5-7-10(14)12(9)15/h5-7,11,16H,8H2,1-4H3. The van der Waals surface area contributed by atoms with E-state index >= 15 is 0 Å². The molecule has 17 heavy (non-hydrogen) atoms. The van der Waals surface area contributed by atoms with Gasteiger partial charge in [0.1, 0.15) is 0 Å². The number of benzene rings is 1. The molecular weight excluding hydrogens is 224 g/mol. The van der Waals surface area contributed by atoms with E-state index in [1.165, 1.54) is 6.07 Å². The van der Waals surface area contributed by atoms with Crippen molar-refractivity contribution in [3.63, 3.8) is 0 Å². The van der Waals surface area contributed by atoms with Gasteiger partial charge >= 0.3 is 0 Å². The van der Waals surface area contributed by atoms with Crippen molar-refractivity contribution in [3.8, 4) is 0 Å². The molecule has 1 atom stereocenters. The fraction of sp³-hybridized carbons (Fsp3) is 0.538. The molecule has 0 aliphatic heterocycles. The zero-order valence-electron chi connectivity index (χ0n) is 10.7. The minimum atomic E-state index is -0.835. The molecule has 0 fully saturated rings. The smallest absolute Gasteiger partial charge is 0.163 e. The van der Waals surface area contributed by atoms with Gasteiger partial charge < -0.3 is 10.1 Å². The predicted molar refractivity (Wildman–Crippen MR) is 63.9 cm³/mol. The third kappa shape index (κ3) is 4.06. The van der Waals surface area contributed by atoms with E-state index in [-0.39, 0.29) is 17.2 Å². The van der Waals surface area contributed by atoms with E-state index < -0.39 is 11.6 Å². The summed E-state index contributed by atoms with van der Waals surface area (Å²) in [4.78, 5) is 0. The molecule has 1 rings (SSSR count). The van der Waals surface area contributed by atoms with Crippen molar-refractivity contribution in [1.29, 1.82) is 0 Å². The van der Waals surface area contributed by atoms with Gasteiger partial charge in [-0.3, -0.25) is 0 Å². The molecule has 4 heteroatoms. The van der Waals surface area contributed by atoms with Gasteiger partial charge in [-0.1, -0.05) is 12.1 Å². The highest BCUT2D eigenvalue weighted by Crippen LogP contribution is 2.21. The molecule has 0 saturated carbocycles. The Morgan fingerprint density at radius 2 is 1.94 bits per heavy atom. The van der Waals surface area contributed by atoms with Gasteiger partial charge in [0.05, 0.1) is 18.2 Å². The van der Waals surface area contributed by atoms with Crippen LogP contribution in [0.2, 0.25) is 0 Å². The number of rotatable bonds is 4. The summed E-state index contributed by atoms with van der Waals surface area (Å²) in [6.45, 7) is 6.05. The molecule has 0 radical (unpaired) electrons. The van der Waals surface area contributed by atoms with Gasteiger partial charge in [0.2, 0.25) is 0 Å². The highest BCUT2D eigenvalue weighted by molar-refractivity contribution is 5.22. The second kappa shape index (κ2) is 5.56. The average Bonchev–Trinajstić information content (AvgIpc) is 2.23. The van der Waals surface area contributed by atoms with Crippen LogP contribution in [-0.4, -0.2) is 19.3 Å². The lowest BCUT2D eigenvalue weighted by Crippen LogP contribution is -2.29. The Kier molecular flexibility index (Phi) is 4.60. The highest BCUT2D eigenvalue weighted by Gasteiger charge is 2.19. The maximum absolute atomic E-state index is 13.6. The maximum atomic E-state index is 13.6. The summed E-state index contributed by atoms with van der Waals surface area (Å²) < 4.78 is 32.3. The Hall–Kier alpha value is -1.00. The average molecular weight is 243 g/mol. The minimum absolute atomic E-state index is 0.289. The number of hydrogen-bond donors (Lipinski definition) is 1. The fourth-order valence-electron chi connectivity index (χ4n) is 1.45. The molecule has 1 unspecified atom stereocenters. The van der Waals surface area contributed by atoms with Crippen LogP contribution in [0.25, 0.3) is 0 Å². The topological polar surface area (TPSA) is 21.3 Å². The molecule has 0 aliphatic rings. The lowest BCUT2D eigenvalue weighted by Gasteiger charge is -2.24. The van der Waals surface area contributed by atoms with E-state index in [9.17, 15) is 8.78 Å². The van der Waals surface area contributed by atoms with Crippen molar-refractivity contribution in [1.82, 2.24) is 5.32 Å². The van der Waals surface area contributed by atoms with Crippen LogP contribution < -0.4 is 5.32 Å². The molecule has 0 heterocycles. The number of nitrogens with one attached hydrogen (secondary N) is 1. The summed E-state index contributed by atoms with van der Waals surface area (Å²) in [6.07, 6.45) is 0. The number of halogens is 2. The van der Waals surface area contributed by atoms with Crippen LogP contribution in [0.3, 0.4) is 0 Å². The molecule has 2 nitrogen and oxygen atoms in total. The fourth-order valence-corrected chi connectivity index (χ4v) is 1.45. The maximum Gasteiger partial charge on any atom is 0.163 e. The molecule has 0 saturated heterocycles. The van der Waals surface area contributed by atoms with E-state index in [4.69, 9.17) is 4.74 Å². The van der Waals surface area contributed by atoms with Crippen molar-refractivity contribution >= 4 is 0 Å². The summed E-state index contributed by atoms with van der Waals surface area (Å²) in [5.74, 6) is -1.65. The SMILES string of the molecule is CNC(COC(C)(C)C)c1cccc(F)c1F. The van der Waals surface area contributed by atoms with Gasteiger partial charge in [-0.05, 0) is 33.9 Å². The minimum Gasteiger partial charge on any atom is -0.374 e. The van der Waals surface area contributed by atoms with E-state index in [1.807, 2.05) is 20.8 Å². The van der Waals surface area contributed by atoms with Crippen LogP contribution in [-0.2, 0) is 4.74 Å². The van der Waals surface area contributed by atoms with Gasteiger partial charge in [-0.25, -0.2) is 8.78 Å². The van der Waals surface area contributed by atoms with Crippen LogP contribution in [0.5, 0.6) is 0 Å². The molecule has 0 bridgehead atoms. The Bertz CT molecular complexity index is 374. The van der Waals surface area contributed by atoms with E-state index in [1.54, 1.807) is 13.1 Å². The summed E-state index contributed by atoms with van der Waals surface area (Å²) in [6, 6.07) is 3.81. The van der Waals surface area contributed by atoms with Gasteiger partial charge in [0, 0.05) is 5.56 Å². The Labute approximate surface area is 101 Å². The van der Waals surface area contributed by atoms with E-state index in [2.05, 4.69) is 5.32 Å². The van der Waals surface area contributed by atoms with Crippen molar-refractivity contribution < 1.29 is 13.5 Å². The number of hydrogen-bond acceptors (Lipinski definition) is 2. The highest BCUT2D eigenvalue weighted by atomic mass is 19.2. The van der Waals surface area contributed by atoms with E-state index in [0.29, 0.717) is 6.61 Å². The van der Waals surface area contributed by atoms with Crippen LogP contribution in [0, 0.1) is 11.6 Å². The predicted octanol–water partition coefficient (Wildman–Crippen LogP) is 3.04. The zero-order chi connectivity index (χ0) is 13.1. The molecule has 0 amide bonds. The number of likely N-dealkylation sites (N-methyl/N-ethyl adjacent to an activating group) is 1. The Morgan fingerprint density at radius 3 is 2.47 bits per heavy atom. The first kappa shape index (κ1) is 14.1. The van der Waals surface area contributed by atoms with E-state index in [0.717, 1.165) is 6.07 Å². The Balaban J connectivity index is 2.83. The van der Waals surface area contributed by atoms with Gasteiger partial charge in [-0.2, -0.15) is 0 Å². The van der Waals surface area contributed by atoms with Crippen LogP contribution >= 0.6 is 0 Å². The monoisotopic (exact) mass is 243 g/mol. The van der Waals surface area contributed by atoms with Crippen molar-refractivity contribution in [2.24, 2.45) is 0 Å². The molecule has 1 aromatic carbocycles. The van der Waals surface area contributed by atoms with Gasteiger partial charge in [0.15, 0.2) is 11.6 Å². The molecular formula is C13H19F2NO. The second-order valence-corrected chi connectivity index (χ2v) is 4.91. The second-order valence-electron chi connectivity index (χ2n) is 4.91. The first-order valence-corrected chi connectivity index (χ1v) is 5.60. The molecule has 1 N–H and O–H groups in total. The quantitative estimate of drug-likeness (QED) is 0.877. The third-order valence-corrected chi connectivity index (χ3v) is 2.39. The molecule has 1 aromatic rings. The lowest BCUT2D eigenvalue weighted by molar-refractivity contribution is -0.0143. The molecule has 96 valence electrons. The van der Waals surface area contributed by atoms with Gasteiger partial charge in [0.25, 0.3) is 0 Å². The first-order chi connectivity index (χ1) is 7.85. The Morgan fingerprint density at radius 1 is 1.29 bits per heavy atom. The summed E-state index contributed by atoms with van der Waals surface area (Å²) >= 11 is 0. The van der Waals surface area contributed by atoms with Crippen LogP contribution in [0.15, 0.2) is 18.2 Å². The van der Waals surface area contributed by atoms with Gasteiger partial charge in [-0.15, -0.1) is 0 Å². The normalized spacial score (nSPS) is 13.8. The third-order valence-electron chi connectivity index (χ3n) is 2.39. The molecule has 0 aliphatic carbocycles. The molecule has 0 aromatic heterocycles. The summed E-state index contributed by atoms with van der Waals surface area (Å²) in [5, 5.41) is 2.93. The lowest BCUT2D eigenvalue weighted by atomic mass is 10.1. The summed E-state index contributed by atoms with van der Waals surface area (Å²) in [7, 11) is 1.70. The zero-order valence-corrected chi connectivity index (χ0v) is 10.7. The summed E-state index contributed by atoms with van der Waals surface area (Å²) in [5.41, 5.74) is -0.0180. The van der Waals surface area contributed by atoms with Crippen molar-refractivity contribution in [2.75, 3.05) is 13.7 Å². The first-order valence-electron chi connectivity index (χ1n) is 5.60. The van der Waals surface area contributed by atoms with Crippen molar-refractivity contribution in [2.45, 2.75) is 32.4 Å². The largest absolute Gasteiger partial charge is 0.374 e. The van der Waals surface area contributed by atoms with Crippen LogP contribution in [0.4, 0.5) is 8.78 Å². The van der Waals surface area contributed by atoms with Crippen LogP contribution in [0.1, 0.15) is 32.4 Å².